The second kappa shape index (κ2) is 8.88. The van der Waals surface area contributed by atoms with E-state index >= 15 is 0 Å². The third kappa shape index (κ3) is 4.49. The number of hydrogen-bond donors (Lipinski definition) is 1. The van der Waals surface area contributed by atoms with Crippen molar-refractivity contribution >= 4 is 17.5 Å². The van der Waals surface area contributed by atoms with Gasteiger partial charge in [-0.1, -0.05) is 36.4 Å². The second-order valence-corrected chi connectivity index (χ2v) is 8.20. The molecule has 6 nitrogen and oxygen atoms in total. The summed E-state index contributed by atoms with van der Waals surface area (Å²) in [6.07, 6.45) is 1.25. The van der Waals surface area contributed by atoms with Crippen LogP contribution in [0.1, 0.15) is 30.9 Å². The largest absolute Gasteiger partial charge is 0.479 e. The zero-order valence-electron chi connectivity index (χ0n) is 17.6. The highest BCUT2D eigenvalue weighted by molar-refractivity contribution is 6.03. The average Bonchev–Trinajstić information content (AvgIpc) is 2.74. The number of piperidine rings is 1. The summed E-state index contributed by atoms with van der Waals surface area (Å²) in [6, 6.07) is 16.0. The van der Waals surface area contributed by atoms with Crippen LogP contribution in [0.2, 0.25) is 0 Å². The van der Waals surface area contributed by atoms with E-state index in [1.54, 1.807) is 6.92 Å². The Hall–Kier alpha value is -2.86. The number of anilines is 1. The van der Waals surface area contributed by atoms with Crippen LogP contribution in [-0.2, 0) is 16.1 Å². The Morgan fingerprint density at radius 1 is 1.10 bits per heavy atom. The van der Waals surface area contributed by atoms with Crippen LogP contribution in [0.4, 0.5) is 5.69 Å². The standard InChI is InChI=1S/C24H29N3O3/c1-17-7-3-4-8-19(17)15-26-13-11-20(12-14-26)25-23(28)16-27-21-9-5-6-10-22(21)30-18(2)24(27)29/h3-10,18,20H,11-16H2,1-2H3,(H,25,28). The molecule has 2 amide bonds. The monoisotopic (exact) mass is 407 g/mol. The van der Waals surface area contributed by atoms with Crippen molar-refractivity contribution in [2.75, 3.05) is 24.5 Å². The van der Waals surface area contributed by atoms with Crippen LogP contribution in [-0.4, -0.2) is 48.5 Å². The fraction of sp³-hybridized carbons (Fsp3) is 0.417. The molecule has 158 valence electrons. The van der Waals surface area contributed by atoms with Crippen molar-refractivity contribution in [3.63, 3.8) is 0 Å². The van der Waals surface area contributed by atoms with Gasteiger partial charge in [0.1, 0.15) is 12.3 Å². The minimum absolute atomic E-state index is 0.0208. The van der Waals surface area contributed by atoms with Crippen LogP contribution in [0.5, 0.6) is 5.75 Å². The zero-order chi connectivity index (χ0) is 21.1. The Bertz CT molecular complexity index is 921. The van der Waals surface area contributed by atoms with Gasteiger partial charge in [-0.05, 0) is 49.9 Å². The number of carbonyl (C=O) groups is 2. The van der Waals surface area contributed by atoms with Crippen molar-refractivity contribution in [1.82, 2.24) is 10.2 Å². The lowest BCUT2D eigenvalue weighted by Gasteiger charge is -2.34. The number of amides is 2. The quantitative estimate of drug-likeness (QED) is 0.828. The summed E-state index contributed by atoms with van der Waals surface area (Å²) in [7, 11) is 0. The fourth-order valence-electron chi connectivity index (χ4n) is 4.20. The molecular weight excluding hydrogens is 378 g/mol. The predicted molar refractivity (Wildman–Crippen MR) is 117 cm³/mol. The SMILES string of the molecule is Cc1ccccc1CN1CCC(NC(=O)CN2C(=O)C(C)Oc3ccccc32)CC1. The van der Waals surface area contributed by atoms with E-state index in [9.17, 15) is 9.59 Å². The Morgan fingerprint density at radius 2 is 1.80 bits per heavy atom. The van der Waals surface area contributed by atoms with Gasteiger partial charge < -0.3 is 10.1 Å². The number of nitrogens with one attached hydrogen (secondary N) is 1. The summed E-state index contributed by atoms with van der Waals surface area (Å²) < 4.78 is 5.65. The fourth-order valence-corrected chi connectivity index (χ4v) is 4.20. The first-order valence-corrected chi connectivity index (χ1v) is 10.6. The first-order valence-electron chi connectivity index (χ1n) is 10.6. The van der Waals surface area contributed by atoms with Gasteiger partial charge in [0.15, 0.2) is 6.10 Å². The van der Waals surface area contributed by atoms with Crippen LogP contribution >= 0.6 is 0 Å². The molecule has 0 saturated carbocycles. The van der Waals surface area contributed by atoms with E-state index in [-0.39, 0.29) is 24.4 Å². The van der Waals surface area contributed by atoms with E-state index in [0.29, 0.717) is 11.4 Å². The lowest BCUT2D eigenvalue weighted by Crippen LogP contribution is -2.51. The molecule has 1 fully saturated rings. The molecule has 0 bridgehead atoms. The third-order valence-corrected chi connectivity index (χ3v) is 5.98. The summed E-state index contributed by atoms with van der Waals surface area (Å²) in [6.45, 7) is 6.74. The van der Waals surface area contributed by atoms with Crippen molar-refractivity contribution < 1.29 is 14.3 Å². The number of aryl methyl sites for hydroxylation is 1. The van der Waals surface area contributed by atoms with Gasteiger partial charge in [-0.15, -0.1) is 0 Å². The molecule has 2 aromatic carbocycles. The van der Waals surface area contributed by atoms with Crippen molar-refractivity contribution in [3.8, 4) is 5.75 Å². The molecule has 2 aromatic rings. The minimum Gasteiger partial charge on any atom is -0.479 e. The smallest absolute Gasteiger partial charge is 0.268 e. The number of ether oxygens (including phenoxy) is 1. The number of benzene rings is 2. The lowest BCUT2D eigenvalue weighted by atomic mass is 10.0. The number of likely N-dealkylation sites (tertiary alicyclic amines) is 1. The van der Waals surface area contributed by atoms with Crippen LogP contribution in [0, 0.1) is 6.92 Å². The van der Waals surface area contributed by atoms with E-state index in [1.807, 2.05) is 24.3 Å². The highest BCUT2D eigenvalue weighted by Crippen LogP contribution is 2.33. The van der Waals surface area contributed by atoms with Crippen molar-refractivity contribution in [3.05, 3.63) is 59.7 Å². The van der Waals surface area contributed by atoms with Gasteiger partial charge in [-0.25, -0.2) is 0 Å². The van der Waals surface area contributed by atoms with Gasteiger partial charge in [0, 0.05) is 25.7 Å². The molecule has 4 rings (SSSR count). The Kier molecular flexibility index (Phi) is 6.04. The third-order valence-electron chi connectivity index (χ3n) is 5.98. The number of rotatable bonds is 5. The lowest BCUT2D eigenvalue weighted by molar-refractivity contribution is -0.128. The van der Waals surface area contributed by atoms with Gasteiger partial charge in [0.25, 0.3) is 5.91 Å². The topological polar surface area (TPSA) is 61.9 Å². The van der Waals surface area contributed by atoms with Crippen molar-refractivity contribution in [1.29, 1.82) is 0 Å². The molecule has 2 heterocycles. The number of para-hydroxylation sites is 2. The number of fused-ring (bicyclic) bond motifs is 1. The van der Waals surface area contributed by atoms with E-state index in [1.165, 1.54) is 16.0 Å². The summed E-state index contributed by atoms with van der Waals surface area (Å²) in [4.78, 5) is 29.2. The van der Waals surface area contributed by atoms with Gasteiger partial charge >= 0.3 is 0 Å². The Morgan fingerprint density at radius 3 is 2.57 bits per heavy atom. The second-order valence-electron chi connectivity index (χ2n) is 8.20. The molecule has 2 aliphatic heterocycles. The maximum Gasteiger partial charge on any atom is 0.268 e. The molecule has 6 heteroatoms. The molecular formula is C24H29N3O3. The van der Waals surface area contributed by atoms with E-state index in [2.05, 4.69) is 41.4 Å². The maximum atomic E-state index is 12.7. The highest BCUT2D eigenvalue weighted by atomic mass is 16.5. The summed E-state index contributed by atoms with van der Waals surface area (Å²) in [5.74, 6) is 0.337. The van der Waals surface area contributed by atoms with Gasteiger partial charge in [-0.3, -0.25) is 19.4 Å². The molecule has 0 spiro atoms. The number of hydrogen-bond acceptors (Lipinski definition) is 4. The summed E-state index contributed by atoms with van der Waals surface area (Å²) >= 11 is 0. The van der Waals surface area contributed by atoms with Crippen LogP contribution < -0.4 is 15.0 Å². The average molecular weight is 408 g/mol. The molecule has 2 aliphatic rings. The van der Waals surface area contributed by atoms with Crippen LogP contribution in [0.25, 0.3) is 0 Å². The first-order chi connectivity index (χ1) is 14.5. The zero-order valence-corrected chi connectivity index (χ0v) is 17.6. The van der Waals surface area contributed by atoms with Gasteiger partial charge in [0.05, 0.1) is 5.69 Å². The van der Waals surface area contributed by atoms with Crippen molar-refractivity contribution in [2.24, 2.45) is 0 Å². The van der Waals surface area contributed by atoms with Crippen LogP contribution in [0.3, 0.4) is 0 Å². The Balaban J connectivity index is 1.30. The normalized spacial score (nSPS) is 19.9. The van der Waals surface area contributed by atoms with E-state index < -0.39 is 6.10 Å². The molecule has 1 atom stereocenters. The van der Waals surface area contributed by atoms with Gasteiger partial charge in [-0.2, -0.15) is 0 Å². The van der Waals surface area contributed by atoms with Crippen molar-refractivity contribution in [2.45, 2.75) is 45.4 Å². The number of carbonyl (C=O) groups excluding carboxylic acids is 2. The molecule has 0 aliphatic carbocycles. The van der Waals surface area contributed by atoms with Crippen LogP contribution in [0.15, 0.2) is 48.5 Å². The first kappa shape index (κ1) is 20.4. The predicted octanol–water partition coefficient (Wildman–Crippen LogP) is 2.89. The molecule has 30 heavy (non-hydrogen) atoms. The molecule has 0 radical (unpaired) electrons. The summed E-state index contributed by atoms with van der Waals surface area (Å²) in [5, 5.41) is 3.13. The minimum atomic E-state index is -0.586. The number of nitrogens with zero attached hydrogens (tertiary/aromatic N) is 2. The summed E-state index contributed by atoms with van der Waals surface area (Å²) in [5.41, 5.74) is 3.33. The molecule has 1 unspecified atom stereocenters. The molecule has 1 saturated heterocycles. The maximum absolute atomic E-state index is 12.7. The Labute approximate surface area is 177 Å². The van der Waals surface area contributed by atoms with E-state index in [0.717, 1.165) is 32.5 Å². The van der Waals surface area contributed by atoms with Gasteiger partial charge in [0.2, 0.25) is 5.91 Å². The highest BCUT2D eigenvalue weighted by Gasteiger charge is 2.33. The molecule has 1 N–H and O–H groups in total. The van der Waals surface area contributed by atoms with E-state index in [4.69, 9.17) is 4.74 Å². The molecule has 0 aromatic heterocycles.